The van der Waals surface area contributed by atoms with E-state index in [4.69, 9.17) is 6.58 Å². The van der Waals surface area contributed by atoms with Gasteiger partial charge in [-0.15, -0.1) is 0 Å². The molecular formula is C4H14OSi2. The van der Waals surface area contributed by atoms with Crippen LogP contribution in [0.4, 0.5) is 0 Å². The maximum atomic E-state index is 7.42. The minimum Gasteiger partial charge on any atom is -0.461 e. The van der Waals surface area contributed by atoms with Crippen LogP contribution in [0.15, 0.2) is 0 Å². The van der Waals surface area contributed by atoms with Crippen LogP contribution in [-0.2, 0) is 4.12 Å². The molecule has 0 rings (SSSR count). The first-order chi connectivity index (χ1) is 3.71. The highest BCUT2D eigenvalue weighted by Crippen LogP contribution is 1.87. The topological polar surface area (TPSA) is 9.23 Å². The Balaban J connectivity index is 3.75. The molecule has 0 spiro atoms. The summed E-state index contributed by atoms with van der Waals surface area (Å²) in [7, 11) is -4.34. The summed E-state index contributed by atoms with van der Waals surface area (Å²) in [4.78, 5) is 0. The molecule has 0 bridgehead atoms. The van der Waals surface area contributed by atoms with Crippen molar-refractivity contribution in [2.75, 3.05) is 0 Å². The van der Waals surface area contributed by atoms with Crippen molar-refractivity contribution in [3.63, 3.8) is 0 Å². The predicted molar refractivity (Wildman–Crippen MR) is 38.8 cm³/mol. The van der Waals surface area contributed by atoms with E-state index in [0.717, 1.165) is 0 Å². The molecule has 0 N–H and O–H groups in total. The quantitative estimate of drug-likeness (QED) is 0.514. The first kappa shape index (κ1) is 4.29. The fourth-order valence-electron chi connectivity index (χ4n) is 0.408. The third kappa shape index (κ3) is 6.39. The van der Waals surface area contributed by atoms with Gasteiger partial charge in [-0.2, -0.15) is 0 Å². The summed E-state index contributed by atoms with van der Waals surface area (Å²) in [6.07, 6.45) is 0. The van der Waals surface area contributed by atoms with Gasteiger partial charge in [-0.25, -0.2) is 0 Å². The molecule has 7 heavy (non-hydrogen) atoms. The Morgan fingerprint density at radius 3 is 1.43 bits per heavy atom. The van der Waals surface area contributed by atoms with Crippen LogP contribution in [0.3, 0.4) is 0 Å². The largest absolute Gasteiger partial charge is 0.461 e. The Bertz CT molecular complexity index is 81.7. The summed E-state index contributed by atoms with van der Waals surface area (Å²) in [6.45, 7) is 7.15. The SMILES string of the molecule is [2H][Si](C)(C)O[Si]([2H])(C)C. The van der Waals surface area contributed by atoms with Crippen molar-refractivity contribution < 1.29 is 4.12 Å². The van der Waals surface area contributed by atoms with Gasteiger partial charge in [-0.05, 0) is 26.2 Å². The summed E-state index contributed by atoms with van der Waals surface area (Å²) < 4.78 is 20.1. The second-order valence-electron chi connectivity index (χ2n) is 1.92. The molecule has 0 saturated carbocycles. The Kier molecular flexibility index (Phi) is 2.09. The highest BCUT2D eigenvalue weighted by atomic mass is 28.4. The standard InChI is InChI=1S/C4H14OSi2/c1-6(2)5-7(3)4/h6-7H,1-4H3/i6D,7D. The third-order valence-corrected chi connectivity index (χ3v) is 3.67. The first-order valence-corrected chi connectivity index (χ1v) is 7.22. The van der Waals surface area contributed by atoms with Gasteiger partial charge in [0.2, 0.25) is 0 Å². The van der Waals surface area contributed by atoms with E-state index in [9.17, 15) is 0 Å². The zero-order valence-corrected chi connectivity index (χ0v) is 7.41. The van der Waals surface area contributed by atoms with Gasteiger partial charge in [0, 0.05) is 2.47 Å². The van der Waals surface area contributed by atoms with E-state index in [1.165, 1.54) is 0 Å². The summed E-state index contributed by atoms with van der Waals surface area (Å²) in [5, 5.41) is 0. The average molecular weight is 136 g/mol. The molecule has 0 aromatic heterocycles. The van der Waals surface area contributed by atoms with Crippen LogP contribution in [0, 0.1) is 0 Å². The van der Waals surface area contributed by atoms with Crippen molar-refractivity contribution in [2.24, 2.45) is 0 Å². The molecule has 0 aliphatic heterocycles. The van der Waals surface area contributed by atoms with E-state index in [2.05, 4.69) is 0 Å². The van der Waals surface area contributed by atoms with E-state index >= 15 is 0 Å². The molecule has 0 fully saturated rings. The Morgan fingerprint density at radius 1 is 1.14 bits per heavy atom. The van der Waals surface area contributed by atoms with E-state index in [1.807, 2.05) is 0 Å². The molecule has 0 amide bonds. The van der Waals surface area contributed by atoms with Crippen LogP contribution >= 0.6 is 0 Å². The molecule has 0 aromatic carbocycles. The Hall–Kier alpha value is 0.394. The fraction of sp³-hybridized carbons (Fsp3) is 1.00. The third-order valence-electron chi connectivity index (χ3n) is 0.408. The molecule has 0 heterocycles. The monoisotopic (exact) mass is 136 g/mol. The van der Waals surface area contributed by atoms with Crippen molar-refractivity contribution in [1.82, 2.24) is 0 Å². The van der Waals surface area contributed by atoms with E-state index in [1.54, 1.807) is 26.2 Å². The van der Waals surface area contributed by atoms with E-state index in [-0.39, 0.29) is 0 Å². The molecule has 44 valence electrons. The van der Waals surface area contributed by atoms with Crippen LogP contribution < -0.4 is 0 Å². The van der Waals surface area contributed by atoms with Crippen molar-refractivity contribution in [2.45, 2.75) is 26.2 Å². The molecule has 1 nitrogen and oxygen atoms in total. The minimum atomic E-state index is -2.17. The first-order valence-electron chi connectivity index (χ1n) is 3.41. The van der Waals surface area contributed by atoms with Gasteiger partial charge in [0.25, 0.3) is 0 Å². The summed E-state index contributed by atoms with van der Waals surface area (Å²) in [6, 6.07) is 0. The average Bonchev–Trinajstić information content (AvgIpc) is 1.14. The normalized spacial score (nSPS) is 18.3. The van der Waals surface area contributed by atoms with Crippen LogP contribution in [0.25, 0.3) is 0 Å². The molecule has 0 atom stereocenters. The van der Waals surface area contributed by atoms with Crippen molar-refractivity contribution in [3.8, 4) is 0 Å². The van der Waals surface area contributed by atoms with Crippen LogP contribution in [0.2, 0.25) is 26.2 Å². The molecule has 3 heteroatoms. The van der Waals surface area contributed by atoms with Crippen molar-refractivity contribution in [1.29, 1.82) is 2.47 Å². The highest BCUT2D eigenvalue weighted by molar-refractivity contribution is 6.63. The molecule has 0 saturated heterocycles. The van der Waals surface area contributed by atoms with Gasteiger partial charge < -0.3 is 4.12 Å². The van der Waals surface area contributed by atoms with Gasteiger partial charge in [-0.1, -0.05) is 0 Å². The van der Waals surface area contributed by atoms with Crippen LogP contribution in [0.1, 0.15) is 0 Å². The molecule has 0 radical (unpaired) electrons. The van der Waals surface area contributed by atoms with E-state index < -0.39 is 17.9 Å². The zero-order chi connectivity index (χ0) is 7.71. The van der Waals surface area contributed by atoms with Crippen LogP contribution in [-0.4, -0.2) is 20.4 Å². The maximum Gasteiger partial charge on any atom is 0.156 e. The lowest BCUT2D eigenvalue weighted by Gasteiger charge is -2.07. The van der Waals surface area contributed by atoms with Gasteiger partial charge in [0.05, 0.1) is 0 Å². The summed E-state index contributed by atoms with van der Waals surface area (Å²) in [5.74, 6) is 0. The highest BCUT2D eigenvalue weighted by Gasteiger charge is 1.97. The Labute approximate surface area is 51.6 Å². The minimum absolute atomic E-state index is 1.79. The van der Waals surface area contributed by atoms with Crippen LogP contribution in [0.5, 0.6) is 0 Å². The molecule has 0 unspecified atom stereocenters. The number of hydrogen-bond acceptors (Lipinski definition) is 1. The second-order valence-corrected chi connectivity index (χ2v) is 6.37. The molecular weight excluding hydrogens is 120 g/mol. The van der Waals surface area contributed by atoms with Gasteiger partial charge in [0.1, 0.15) is 0 Å². The molecule has 0 aromatic rings. The summed E-state index contributed by atoms with van der Waals surface area (Å²) >= 11 is 0. The second kappa shape index (κ2) is 3.40. The van der Waals surface area contributed by atoms with Crippen molar-refractivity contribution in [3.05, 3.63) is 0 Å². The lowest BCUT2D eigenvalue weighted by atomic mass is 11.9. The number of hydrogen-bond donors (Lipinski definition) is 0. The van der Waals surface area contributed by atoms with E-state index in [0.29, 0.717) is 0 Å². The number of rotatable bonds is 2. The fourth-order valence-corrected chi connectivity index (χ4v) is 3.67. The Morgan fingerprint density at radius 2 is 1.43 bits per heavy atom. The lowest BCUT2D eigenvalue weighted by Crippen LogP contribution is -2.17. The predicted octanol–water partition coefficient (Wildman–Crippen LogP) is 0.970. The zero-order valence-electron chi connectivity index (χ0n) is 7.41. The van der Waals surface area contributed by atoms with Crippen molar-refractivity contribution >= 4 is 17.9 Å². The van der Waals surface area contributed by atoms with Gasteiger partial charge >= 0.3 is 0 Å². The van der Waals surface area contributed by atoms with Gasteiger partial charge in [0.15, 0.2) is 17.9 Å². The molecule has 0 aliphatic carbocycles. The molecule has 0 aliphatic rings. The lowest BCUT2D eigenvalue weighted by molar-refractivity contribution is 0.608. The smallest absolute Gasteiger partial charge is 0.156 e. The maximum absolute atomic E-state index is 7.42. The van der Waals surface area contributed by atoms with Gasteiger partial charge in [-0.3, -0.25) is 0 Å². The summed E-state index contributed by atoms with van der Waals surface area (Å²) in [5.41, 5.74) is 0.